The molecule has 1 unspecified atom stereocenters. The summed E-state index contributed by atoms with van der Waals surface area (Å²) in [6, 6.07) is 7.01. The third-order valence-corrected chi connectivity index (χ3v) is 5.49. The largest absolute Gasteiger partial charge is 0.368 e. The number of nitrogens with zero attached hydrogens (tertiary/aromatic N) is 2. The summed E-state index contributed by atoms with van der Waals surface area (Å²) in [6.07, 6.45) is 3.24. The van der Waals surface area contributed by atoms with E-state index in [-0.39, 0.29) is 35.8 Å². The Balaban J connectivity index is 0.00000243. The lowest BCUT2D eigenvalue weighted by Crippen LogP contribution is -2.60. The number of amides is 1. The molecular weight excluding hydrogens is 355 g/mol. The molecule has 26 heavy (non-hydrogen) atoms. The van der Waals surface area contributed by atoms with E-state index in [1.807, 2.05) is 24.0 Å². The summed E-state index contributed by atoms with van der Waals surface area (Å²) in [5.41, 5.74) is 0.585. The minimum atomic E-state index is -0.197. The van der Waals surface area contributed by atoms with Gasteiger partial charge in [0.1, 0.15) is 5.82 Å². The summed E-state index contributed by atoms with van der Waals surface area (Å²) in [5, 5.41) is 0. The van der Waals surface area contributed by atoms with Crippen molar-refractivity contribution >= 4 is 18.3 Å². The lowest BCUT2D eigenvalue weighted by Gasteiger charge is -2.49. The fraction of sp³-hybridized carbons (Fsp3) is 0.650. The first-order valence-corrected chi connectivity index (χ1v) is 9.43. The first-order valence-electron chi connectivity index (χ1n) is 9.43. The second-order valence-electron chi connectivity index (χ2n) is 7.42. The van der Waals surface area contributed by atoms with Crippen LogP contribution in [0, 0.1) is 5.82 Å². The van der Waals surface area contributed by atoms with Gasteiger partial charge in [0, 0.05) is 39.1 Å². The SMILES string of the molecule is CCC(=O)N1CC(C)OC2(CCN(CCc3ccccc3F)CC2)C1.Cl. The van der Waals surface area contributed by atoms with Crippen molar-refractivity contribution < 1.29 is 13.9 Å². The van der Waals surface area contributed by atoms with E-state index in [1.54, 1.807) is 6.07 Å². The summed E-state index contributed by atoms with van der Waals surface area (Å²) >= 11 is 0. The second kappa shape index (κ2) is 9.16. The van der Waals surface area contributed by atoms with Crippen LogP contribution in [0.3, 0.4) is 0 Å². The summed E-state index contributed by atoms with van der Waals surface area (Å²) < 4.78 is 20.0. The van der Waals surface area contributed by atoms with Gasteiger partial charge in [-0.2, -0.15) is 0 Å². The Hall–Kier alpha value is -1.17. The molecule has 3 rings (SSSR count). The zero-order chi connectivity index (χ0) is 17.9. The van der Waals surface area contributed by atoms with Gasteiger partial charge < -0.3 is 14.5 Å². The van der Waals surface area contributed by atoms with Crippen molar-refractivity contribution in [1.82, 2.24) is 9.80 Å². The number of morpholine rings is 1. The van der Waals surface area contributed by atoms with Gasteiger partial charge in [-0.1, -0.05) is 25.1 Å². The number of rotatable bonds is 4. The van der Waals surface area contributed by atoms with Crippen molar-refractivity contribution in [3.05, 3.63) is 35.6 Å². The molecule has 1 spiro atoms. The highest BCUT2D eigenvalue weighted by atomic mass is 35.5. The van der Waals surface area contributed by atoms with Crippen LogP contribution >= 0.6 is 12.4 Å². The van der Waals surface area contributed by atoms with Gasteiger partial charge in [-0.3, -0.25) is 4.79 Å². The van der Waals surface area contributed by atoms with Gasteiger partial charge in [0.25, 0.3) is 0 Å². The lowest BCUT2D eigenvalue weighted by molar-refractivity contribution is -0.179. The molecule has 0 aromatic heterocycles. The van der Waals surface area contributed by atoms with Crippen molar-refractivity contribution in [2.45, 2.75) is 51.2 Å². The average Bonchev–Trinajstić information content (AvgIpc) is 2.61. The molecule has 0 aliphatic carbocycles. The van der Waals surface area contributed by atoms with E-state index >= 15 is 0 Å². The van der Waals surface area contributed by atoms with Crippen LogP contribution in [-0.4, -0.2) is 60.1 Å². The van der Waals surface area contributed by atoms with Crippen molar-refractivity contribution in [2.75, 3.05) is 32.7 Å². The average molecular weight is 385 g/mol. The first-order chi connectivity index (χ1) is 12.0. The number of ether oxygens (including phenoxy) is 1. The van der Waals surface area contributed by atoms with E-state index in [0.29, 0.717) is 19.5 Å². The van der Waals surface area contributed by atoms with Gasteiger partial charge in [0.2, 0.25) is 5.91 Å². The van der Waals surface area contributed by atoms with Crippen LogP contribution < -0.4 is 0 Å². The molecule has 2 saturated heterocycles. The highest BCUT2D eigenvalue weighted by molar-refractivity contribution is 5.85. The number of piperidine rings is 1. The number of likely N-dealkylation sites (tertiary alicyclic amines) is 1. The highest BCUT2D eigenvalue weighted by Gasteiger charge is 2.42. The normalized spacial score (nSPS) is 22.9. The summed E-state index contributed by atoms with van der Waals surface area (Å²) in [7, 11) is 0. The molecule has 2 aliphatic heterocycles. The molecule has 146 valence electrons. The Morgan fingerprint density at radius 1 is 1.31 bits per heavy atom. The number of halogens is 2. The third kappa shape index (κ3) is 4.96. The van der Waals surface area contributed by atoms with Gasteiger partial charge in [0.15, 0.2) is 0 Å². The number of hydrogen-bond donors (Lipinski definition) is 0. The topological polar surface area (TPSA) is 32.8 Å². The van der Waals surface area contributed by atoms with Crippen molar-refractivity contribution in [1.29, 1.82) is 0 Å². The van der Waals surface area contributed by atoms with Gasteiger partial charge >= 0.3 is 0 Å². The minimum Gasteiger partial charge on any atom is -0.368 e. The maximum Gasteiger partial charge on any atom is 0.222 e. The van der Waals surface area contributed by atoms with Gasteiger partial charge in [-0.05, 0) is 37.8 Å². The van der Waals surface area contributed by atoms with Gasteiger partial charge in [0.05, 0.1) is 11.7 Å². The molecule has 1 amide bonds. The Bertz CT molecular complexity index is 605. The maximum atomic E-state index is 13.7. The molecule has 0 N–H and O–H groups in total. The fourth-order valence-corrected chi connectivity index (χ4v) is 4.08. The molecule has 1 aromatic rings. The number of carbonyl (C=O) groups excluding carboxylic acids is 1. The molecule has 0 bridgehead atoms. The predicted molar refractivity (Wildman–Crippen MR) is 103 cm³/mol. The molecule has 2 fully saturated rings. The van der Waals surface area contributed by atoms with E-state index in [1.165, 1.54) is 6.07 Å². The highest BCUT2D eigenvalue weighted by Crippen LogP contribution is 2.32. The summed E-state index contributed by atoms with van der Waals surface area (Å²) in [4.78, 5) is 16.5. The Kier molecular flexibility index (Phi) is 7.44. The Labute approximate surface area is 162 Å². The Morgan fingerprint density at radius 3 is 2.65 bits per heavy atom. The molecule has 6 heteroatoms. The monoisotopic (exact) mass is 384 g/mol. The zero-order valence-corrected chi connectivity index (χ0v) is 16.6. The van der Waals surface area contributed by atoms with Crippen LogP contribution in [0.4, 0.5) is 4.39 Å². The van der Waals surface area contributed by atoms with Crippen molar-refractivity contribution in [3.8, 4) is 0 Å². The molecule has 0 radical (unpaired) electrons. The number of carbonyl (C=O) groups is 1. The van der Waals surface area contributed by atoms with Gasteiger partial charge in [-0.25, -0.2) is 4.39 Å². The van der Waals surface area contributed by atoms with E-state index < -0.39 is 0 Å². The number of benzene rings is 1. The molecule has 0 saturated carbocycles. The van der Waals surface area contributed by atoms with Crippen LogP contribution in [0.5, 0.6) is 0 Å². The zero-order valence-electron chi connectivity index (χ0n) is 15.7. The molecule has 2 heterocycles. The van der Waals surface area contributed by atoms with E-state index in [4.69, 9.17) is 4.74 Å². The minimum absolute atomic E-state index is 0. The molecular formula is C20H30ClFN2O2. The molecule has 1 aromatic carbocycles. The van der Waals surface area contributed by atoms with E-state index in [2.05, 4.69) is 11.8 Å². The van der Waals surface area contributed by atoms with E-state index in [9.17, 15) is 9.18 Å². The molecule has 2 aliphatic rings. The molecule has 4 nitrogen and oxygen atoms in total. The first kappa shape index (κ1) is 21.1. The van der Waals surface area contributed by atoms with Crippen LogP contribution in [0.1, 0.15) is 38.7 Å². The van der Waals surface area contributed by atoms with Gasteiger partial charge in [-0.15, -0.1) is 12.4 Å². The maximum absolute atomic E-state index is 13.7. The summed E-state index contributed by atoms with van der Waals surface area (Å²) in [5.74, 6) is 0.102. The van der Waals surface area contributed by atoms with Crippen molar-refractivity contribution in [2.24, 2.45) is 0 Å². The van der Waals surface area contributed by atoms with Crippen LogP contribution in [0.2, 0.25) is 0 Å². The lowest BCUT2D eigenvalue weighted by atomic mass is 9.88. The molecule has 1 atom stereocenters. The number of hydrogen-bond acceptors (Lipinski definition) is 3. The Morgan fingerprint density at radius 2 is 2.00 bits per heavy atom. The van der Waals surface area contributed by atoms with E-state index in [0.717, 1.165) is 44.5 Å². The fourth-order valence-electron chi connectivity index (χ4n) is 4.08. The summed E-state index contributed by atoms with van der Waals surface area (Å²) in [6.45, 7) is 8.13. The van der Waals surface area contributed by atoms with Crippen molar-refractivity contribution in [3.63, 3.8) is 0 Å². The van der Waals surface area contributed by atoms with Crippen LogP contribution in [-0.2, 0) is 16.0 Å². The standard InChI is InChI=1S/C20H29FN2O2.ClH/c1-3-19(24)23-14-16(2)25-20(15-23)9-12-22(13-10-20)11-8-17-6-4-5-7-18(17)21;/h4-7,16H,3,8-15H2,1-2H3;1H. The van der Waals surface area contributed by atoms with Crippen LogP contribution in [0.25, 0.3) is 0 Å². The smallest absolute Gasteiger partial charge is 0.222 e. The quantitative estimate of drug-likeness (QED) is 0.798. The second-order valence-corrected chi connectivity index (χ2v) is 7.42. The third-order valence-electron chi connectivity index (χ3n) is 5.49. The predicted octanol–water partition coefficient (Wildman–Crippen LogP) is 3.28. The van der Waals surface area contributed by atoms with Crippen LogP contribution in [0.15, 0.2) is 24.3 Å².